The number of hydrogen-bond acceptors (Lipinski definition) is 4. The molecule has 1 aromatic carbocycles. The van der Waals surface area contributed by atoms with Crippen LogP contribution in [0.5, 0.6) is 0 Å². The van der Waals surface area contributed by atoms with Crippen LogP contribution in [0.1, 0.15) is 108 Å². The van der Waals surface area contributed by atoms with Crippen molar-refractivity contribution in [1.82, 2.24) is 0 Å². The van der Waals surface area contributed by atoms with Crippen LogP contribution in [0, 0.1) is 17.8 Å². The van der Waals surface area contributed by atoms with Crippen molar-refractivity contribution in [3.63, 3.8) is 0 Å². The van der Waals surface area contributed by atoms with Crippen LogP contribution in [0.15, 0.2) is 18.2 Å². The van der Waals surface area contributed by atoms with Gasteiger partial charge in [0, 0.05) is 11.6 Å². The van der Waals surface area contributed by atoms with Crippen molar-refractivity contribution < 1.29 is 9.53 Å². The van der Waals surface area contributed by atoms with Gasteiger partial charge in [0.15, 0.2) is 0 Å². The summed E-state index contributed by atoms with van der Waals surface area (Å²) < 4.78 is 5.69. The van der Waals surface area contributed by atoms with Crippen molar-refractivity contribution in [2.24, 2.45) is 17.8 Å². The number of rotatable bonds is 5. The highest BCUT2D eigenvalue weighted by Gasteiger charge is 2.49. The molecule has 0 radical (unpaired) electrons. The van der Waals surface area contributed by atoms with Gasteiger partial charge in [-0.05, 0) is 108 Å². The highest BCUT2D eigenvalue weighted by molar-refractivity contribution is 5.92. The summed E-state index contributed by atoms with van der Waals surface area (Å²) >= 11 is 0. The van der Waals surface area contributed by atoms with Gasteiger partial charge in [-0.1, -0.05) is 25.7 Å². The number of anilines is 2. The zero-order valence-corrected chi connectivity index (χ0v) is 20.3. The second kappa shape index (κ2) is 8.57. The third-order valence-electron chi connectivity index (χ3n) is 8.59. The second-order valence-electron chi connectivity index (χ2n) is 12.3. The molecule has 176 valence electrons. The van der Waals surface area contributed by atoms with Gasteiger partial charge >= 0.3 is 5.97 Å². The molecule has 4 nitrogen and oxygen atoms in total. The Bertz CT molecular complexity index is 834. The SMILES string of the molecule is CC(C)(C)OC(=O)c1ccc(NC2CCCCC2)c(NC23CCC4CCC(CC4C2)C3)c1. The molecule has 0 amide bonds. The monoisotopic (exact) mass is 438 g/mol. The highest BCUT2D eigenvalue weighted by atomic mass is 16.6. The van der Waals surface area contributed by atoms with E-state index in [2.05, 4.69) is 22.8 Å². The Balaban J connectivity index is 1.42. The summed E-state index contributed by atoms with van der Waals surface area (Å²) in [6.45, 7) is 5.80. The number of esters is 1. The van der Waals surface area contributed by atoms with Crippen LogP contribution in [0.4, 0.5) is 11.4 Å². The number of benzene rings is 1. The Morgan fingerprint density at radius 3 is 2.56 bits per heavy atom. The van der Waals surface area contributed by atoms with Crippen LogP contribution in [0.25, 0.3) is 0 Å². The summed E-state index contributed by atoms with van der Waals surface area (Å²) in [5.41, 5.74) is 2.63. The van der Waals surface area contributed by atoms with Crippen LogP contribution in [-0.4, -0.2) is 23.2 Å². The van der Waals surface area contributed by atoms with Gasteiger partial charge in [0.05, 0.1) is 16.9 Å². The van der Waals surface area contributed by atoms with E-state index in [0.717, 1.165) is 29.1 Å². The van der Waals surface area contributed by atoms with Crippen LogP contribution in [-0.2, 0) is 4.74 Å². The lowest BCUT2D eigenvalue weighted by molar-refractivity contribution is 0.00692. The summed E-state index contributed by atoms with van der Waals surface area (Å²) in [5.74, 6) is 2.50. The largest absolute Gasteiger partial charge is 0.456 e. The summed E-state index contributed by atoms with van der Waals surface area (Å²) in [6, 6.07) is 6.65. The van der Waals surface area contributed by atoms with Gasteiger partial charge in [0.25, 0.3) is 0 Å². The van der Waals surface area contributed by atoms with E-state index in [4.69, 9.17) is 4.74 Å². The molecule has 0 aliphatic heterocycles. The van der Waals surface area contributed by atoms with Crippen LogP contribution < -0.4 is 10.6 Å². The van der Waals surface area contributed by atoms with E-state index in [1.165, 1.54) is 77.0 Å². The molecule has 4 fully saturated rings. The van der Waals surface area contributed by atoms with Crippen molar-refractivity contribution in [1.29, 1.82) is 0 Å². The van der Waals surface area contributed by atoms with Gasteiger partial charge in [0.1, 0.15) is 5.60 Å². The van der Waals surface area contributed by atoms with Gasteiger partial charge in [-0.3, -0.25) is 0 Å². The first-order valence-electron chi connectivity index (χ1n) is 13.2. The zero-order chi connectivity index (χ0) is 22.3. The summed E-state index contributed by atoms with van der Waals surface area (Å²) in [5, 5.41) is 7.90. The average molecular weight is 439 g/mol. The summed E-state index contributed by atoms with van der Waals surface area (Å²) in [6.07, 6.45) is 16.0. The lowest BCUT2D eigenvalue weighted by Gasteiger charge is -2.55. The molecule has 0 spiro atoms. The molecule has 4 saturated carbocycles. The van der Waals surface area contributed by atoms with Crippen molar-refractivity contribution in [2.45, 2.75) is 115 Å². The smallest absolute Gasteiger partial charge is 0.338 e. The number of fused-ring (bicyclic) bond motifs is 2. The lowest BCUT2D eigenvalue weighted by atomic mass is 9.54. The molecule has 1 aromatic rings. The Morgan fingerprint density at radius 2 is 1.78 bits per heavy atom. The van der Waals surface area contributed by atoms with Gasteiger partial charge in [0.2, 0.25) is 0 Å². The van der Waals surface area contributed by atoms with E-state index in [-0.39, 0.29) is 11.5 Å². The van der Waals surface area contributed by atoms with Gasteiger partial charge in [-0.2, -0.15) is 0 Å². The number of carbonyl (C=O) groups is 1. The average Bonchev–Trinajstić information content (AvgIpc) is 2.73. The minimum Gasteiger partial charge on any atom is -0.456 e. The summed E-state index contributed by atoms with van der Waals surface area (Å²) in [4.78, 5) is 12.9. The van der Waals surface area contributed by atoms with Crippen molar-refractivity contribution in [3.8, 4) is 0 Å². The lowest BCUT2D eigenvalue weighted by Crippen LogP contribution is -2.52. The maximum absolute atomic E-state index is 12.9. The zero-order valence-electron chi connectivity index (χ0n) is 20.3. The predicted molar refractivity (Wildman–Crippen MR) is 131 cm³/mol. The maximum atomic E-state index is 12.9. The Kier molecular flexibility index (Phi) is 5.92. The standard InChI is InChI=1S/C28H42N2O2/c1-27(2,3)32-26(31)21-11-12-24(29-23-7-5-4-6-8-23)25(16-21)30-28-14-13-20-10-9-19(17-28)15-22(20)18-28/h11-12,16,19-20,22-23,29-30H,4-10,13-15,17-18H2,1-3H3. The fraction of sp³-hybridized carbons (Fsp3) is 0.750. The first-order valence-corrected chi connectivity index (χ1v) is 13.2. The molecule has 32 heavy (non-hydrogen) atoms. The van der Waals surface area contributed by atoms with Gasteiger partial charge < -0.3 is 15.4 Å². The molecule has 4 atom stereocenters. The Hall–Kier alpha value is -1.71. The molecular weight excluding hydrogens is 396 g/mol. The molecular formula is C28H42N2O2. The normalized spacial score (nSPS) is 32.4. The molecule has 4 aliphatic rings. The molecule has 4 heteroatoms. The molecule has 0 aromatic heterocycles. The van der Waals surface area contributed by atoms with Crippen molar-refractivity contribution >= 4 is 17.3 Å². The first kappa shape index (κ1) is 22.1. The van der Waals surface area contributed by atoms with E-state index < -0.39 is 5.60 Å². The number of nitrogens with one attached hydrogen (secondary N) is 2. The summed E-state index contributed by atoms with van der Waals surface area (Å²) in [7, 11) is 0. The molecule has 3 bridgehead atoms. The Morgan fingerprint density at radius 1 is 0.969 bits per heavy atom. The maximum Gasteiger partial charge on any atom is 0.338 e. The van der Waals surface area contributed by atoms with Crippen molar-refractivity contribution in [3.05, 3.63) is 23.8 Å². The minimum absolute atomic E-state index is 0.194. The first-order chi connectivity index (χ1) is 15.3. The van der Waals surface area contributed by atoms with Crippen LogP contribution in [0.3, 0.4) is 0 Å². The topological polar surface area (TPSA) is 50.4 Å². The van der Waals surface area contributed by atoms with Crippen molar-refractivity contribution in [2.75, 3.05) is 10.6 Å². The van der Waals surface area contributed by atoms with E-state index in [1.807, 2.05) is 26.8 Å². The molecule has 2 N–H and O–H groups in total. The molecule has 0 heterocycles. The van der Waals surface area contributed by atoms with E-state index in [1.54, 1.807) is 0 Å². The van der Waals surface area contributed by atoms with Crippen LogP contribution in [0.2, 0.25) is 0 Å². The molecule has 4 aliphatic carbocycles. The Labute approximate surface area is 194 Å². The molecule has 4 unspecified atom stereocenters. The van der Waals surface area contributed by atoms with Crippen LogP contribution >= 0.6 is 0 Å². The minimum atomic E-state index is -0.485. The third-order valence-corrected chi connectivity index (χ3v) is 8.59. The fourth-order valence-corrected chi connectivity index (χ4v) is 7.20. The number of ether oxygens (including phenoxy) is 1. The van der Waals surface area contributed by atoms with E-state index in [0.29, 0.717) is 11.6 Å². The molecule has 5 rings (SSSR count). The second-order valence-corrected chi connectivity index (χ2v) is 12.3. The van der Waals surface area contributed by atoms with E-state index >= 15 is 0 Å². The number of carbonyl (C=O) groups excluding carboxylic acids is 1. The quantitative estimate of drug-likeness (QED) is 0.479. The number of hydrogen-bond donors (Lipinski definition) is 2. The third kappa shape index (κ3) is 4.79. The highest BCUT2D eigenvalue weighted by Crippen LogP contribution is 2.55. The van der Waals surface area contributed by atoms with Gasteiger partial charge in [-0.15, -0.1) is 0 Å². The fourth-order valence-electron chi connectivity index (χ4n) is 7.20. The van der Waals surface area contributed by atoms with Gasteiger partial charge in [-0.25, -0.2) is 4.79 Å². The predicted octanol–water partition coefficient (Wildman–Crippen LogP) is 7.16. The van der Waals surface area contributed by atoms with E-state index in [9.17, 15) is 4.79 Å². The molecule has 0 saturated heterocycles.